The molecule has 1 saturated heterocycles. The summed E-state index contributed by atoms with van der Waals surface area (Å²) >= 11 is 6.13. The van der Waals surface area contributed by atoms with E-state index in [2.05, 4.69) is 15.6 Å². The van der Waals surface area contributed by atoms with Crippen molar-refractivity contribution in [1.29, 1.82) is 0 Å². The molecule has 1 aromatic rings. The molecule has 0 aliphatic carbocycles. The second-order valence-corrected chi connectivity index (χ2v) is 9.46. The van der Waals surface area contributed by atoms with E-state index in [0.29, 0.717) is 36.4 Å². The van der Waals surface area contributed by atoms with E-state index in [9.17, 15) is 8.42 Å². The van der Waals surface area contributed by atoms with Crippen LogP contribution in [0.4, 0.5) is 0 Å². The number of ether oxygens (including phenoxy) is 1. The van der Waals surface area contributed by atoms with Gasteiger partial charge in [-0.1, -0.05) is 23.7 Å². The lowest BCUT2D eigenvalue weighted by molar-refractivity contribution is 0.230. The van der Waals surface area contributed by atoms with Gasteiger partial charge in [-0.25, -0.2) is 17.7 Å². The van der Waals surface area contributed by atoms with Crippen LogP contribution in [0.25, 0.3) is 0 Å². The van der Waals surface area contributed by atoms with E-state index >= 15 is 0 Å². The molecule has 7 nitrogen and oxygen atoms in total. The maximum Gasteiger partial charge on any atom is 0.213 e. The molecule has 0 spiro atoms. The van der Waals surface area contributed by atoms with Crippen molar-refractivity contribution in [2.75, 3.05) is 31.9 Å². The minimum atomic E-state index is -3.11. The predicted molar refractivity (Wildman–Crippen MR) is 115 cm³/mol. The zero-order valence-electron chi connectivity index (χ0n) is 16.8. The van der Waals surface area contributed by atoms with E-state index in [0.717, 1.165) is 19.4 Å². The molecular weight excluding hydrogens is 400 g/mol. The van der Waals surface area contributed by atoms with Crippen molar-refractivity contribution in [3.05, 3.63) is 29.3 Å². The molecule has 1 heterocycles. The molecule has 2 N–H and O–H groups in total. The zero-order chi connectivity index (χ0) is 20.6. The molecule has 0 bridgehead atoms. The molecule has 0 amide bonds. The highest BCUT2D eigenvalue weighted by atomic mass is 35.5. The fourth-order valence-electron chi connectivity index (χ4n) is 2.99. The summed E-state index contributed by atoms with van der Waals surface area (Å²) in [7, 11) is -3.11. The van der Waals surface area contributed by atoms with E-state index in [4.69, 9.17) is 16.3 Å². The third-order valence-electron chi connectivity index (χ3n) is 4.57. The lowest BCUT2D eigenvalue weighted by Crippen LogP contribution is -2.50. The van der Waals surface area contributed by atoms with Gasteiger partial charge in [-0.05, 0) is 45.7 Å². The normalized spacial score (nSPS) is 17.9. The van der Waals surface area contributed by atoms with Gasteiger partial charge in [-0.2, -0.15) is 0 Å². The Bertz CT molecular complexity index is 749. The number of nitrogens with one attached hydrogen (secondary N) is 2. The molecule has 2 rings (SSSR count). The molecule has 158 valence electrons. The Labute approximate surface area is 173 Å². The van der Waals surface area contributed by atoms with Crippen molar-refractivity contribution in [3.63, 3.8) is 0 Å². The number of benzene rings is 1. The summed E-state index contributed by atoms with van der Waals surface area (Å²) in [4.78, 5) is 4.61. The summed E-state index contributed by atoms with van der Waals surface area (Å²) in [6.07, 6.45) is 1.39. The number of guanidine groups is 1. The van der Waals surface area contributed by atoms with Crippen LogP contribution in [-0.4, -0.2) is 62.8 Å². The number of nitrogens with zero attached hydrogens (tertiary/aromatic N) is 2. The number of hydrogen-bond donors (Lipinski definition) is 2. The second-order valence-electron chi connectivity index (χ2n) is 6.80. The van der Waals surface area contributed by atoms with E-state index < -0.39 is 10.0 Å². The van der Waals surface area contributed by atoms with Gasteiger partial charge in [0, 0.05) is 25.7 Å². The summed E-state index contributed by atoms with van der Waals surface area (Å²) in [5.41, 5.74) is 0. The second kappa shape index (κ2) is 10.9. The summed E-state index contributed by atoms with van der Waals surface area (Å²) in [5.74, 6) is 1.52. The number of hydrogen-bond acceptors (Lipinski definition) is 4. The van der Waals surface area contributed by atoms with Gasteiger partial charge in [0.2, 0.25) is 10.0 Å². The van der Waals surface area contributed by atoms with Crippen molar-refractivity contribution < 1.29 is 13.2 Å². The summed E-state index contributed by atoms with van der Waals surface area (Å²) in [5, 5.41) is 7.23. The Hall–Kier alpha value is -1.51. The van der Waals surface area contributed by atoms with E-state index in [1.165, 1.54) is 0 Å². The quantitative estimate of drug-likeness (QED) is 0.489. The molecule has 1 fully saturated rings. The smallest absolute Gasteiger partial charge is 0.213 e. The van der Waals surface area contributed by atoms with E-state index in [1.54, 1.807) is 17.3 Å². The van der Waals surface area contributed by atoms with Crippen LogP contribution in [-0.2, 0) is 10.0 Å². The maximum atomic E-state index is 12.0. The first-order chi connectivity index (χ1) is 13.4. The lowest BCUT2D eigenvalue weighted by atomic mass is 10.1. The number of rotatable bonds is 8. The van der Waals surface area contributed by atoms with Gasteiger partial charge in [0.1, 0.15) is 11.9 Å². The largest absolute Gasteiger partial charge is 0.487 e. The Morgan fingerprint density at radius 2 is 2.00 bits per heavy atom. The molecule has 1 atom stereocenters. The topological polar surface area (TPSA) is 83.0 Å². The van der Waals surface area contributed by atoms with Crippen LogP contribution in [0, 0.1) is 0 Å². The van der Waals surface area contributed by atoms with Crippen molar-refractivity contribution >= 4 is 27.6 Å². The summed E-state index contributed by atoms with van der Waals surface area (Å²) < 4.78 is 31.4. The van der Waals surface area contributed by atoms with Crippen LogP contribution in [0.1, 0.15) is 33.6 Å². The third-order valence-corrected chi connectivity index (χ3v) is 6.76. The molecule has 0 saturated carbocycles. The molecular formula is C19H31ClN4O3S. The lowest BCUT2D eigenvalue weighted by Gasteiger charge is -2.32. The first-order valence-electron chi connectivity index (χ1n) is 9.79. The van der Waals surface area contributed by atoms with Crippen LogP contribution < -0.4 is 15.4 Å². The summed E-state index contributed by atoms with van der Waals surface area (Å²) in [6, 6.07) is 7.57. The number of halogens is 1. The van der Waals surface area contributed by atoms with E-state index in [1.807, 2.05) is 32.0 Å². The molecule has 0 radical (unpaired) electrons. The van der Waals surface area contributed by atoms with Crippen LogP contribution >= 0.6 is 11.6 Å². The van der Waals surface area contributed by atoms with Gasteiger partial charge in [-0.3, -0.25) is 0 Å². The van der Waals surface area contributed by atoms with Crippen LogP contribution in [0.3, 0.4) is 0 Å². The first-order valence-corrected chi connectivity index (χ1v) is 11.8. The van der Waals surface area contributed by atoms with Crippen molar-refractivity contribution in [2.45, 2.75) is 45.8 Å². The molecule has 28 heavy (non-hydrogen) atoms. The van der Waals surface area contributed by atoms with Gasteiger partial charge in [-0.15, -0.1) is 0 Å². The van der Waals surface area contributed by atoms with E-state index in [-0.39, 0.29) is 17.9 Å². The van der Waals surface area contributed by atoms with Gasteiger partial charge in [0.15, 0.2) is 5.96 Å². The highest BCUT2D eigenvalue weighted by Gasteiger charge is 2.27. The monoisotopic (exact) mass is 430 g/mol. The number of para-hydroxylation sites is 1. The van der Waals surface area contributed by atoms with Crippen LogP contribution in [0.2, 0.25) is 5.02 Å². The molecule has 0 aromatic heterocycles. The minimum Gasteiger partial charge on any atom is -0.487 e. The highest BCUT2D eigenvalue weighted by molar-refractivity contribution is 7.89. The number of piperidine rings is 1. The first kappa shape index (κ1) is 22.8. The van der Waals surface area contributed by atoms with Gasteiger partial charge in [0.25, 0.3) is 0 Å². The van der Waals surface area contributed by atoms with Gasteiger partial charge in [0.05, 0.1) is 17.3 Å². The molecule has 1 aliphatic heterocycles. The third kappa shape index (κ3) is 6.83. The van der Waals surface area contributed by atoms with Crippen LogP contribution in [0.15, 0.2) is 29.3 Å². The zero-order valence-corrected chi connectivity index (χ0v) is 18.4. The summed E-state index contributed by atoms with van der Waals surface area (Å²) in [6.45, 7) is 7.94. The Balaban J connectivity index is 1.88. The van der Waals surface area contributed by atoms with Crippen LogP contribution in [0.5, 0.6) is 5.75 Å². The standard InChI is InChI=1S/C19H31ClN4O3S/c1-4-21-19(22-14-15(3)27-18-9-7-6-8-17(18)20)23-16-10-12-24(13-11-16)28(25,26)5-2/h6-9,15-16H,4-5,10-14H2,1-3H3,(H2,21,22,23). The van der Waals surface area contributed by atoms with Crippen molar-refractivity contribution in [2.24, 2.45) is 4.99 Å². The highest BCUT2D eigenvalue weighted by Crippen LogP contribution is 2.24. The fraction of sp³-hybridized carbons (Fsp3) is 0.632. The fourth-order valence-corrected chi connectivity index (χ4v) is 4.30. The molecule has 9 heteroatoms. The SMILES string of the molecule is CCNC(=NCC(C)Oc1ccccc1Cl)NC1CCN(S(=O)(=O)CC)CC1. The number of aliphatic imine (C=N–C) groups is 1. The minimum absolute atomic E-state index is 0.132. The average molecular weight is 431 g/mol. The maximum absolute atomic E-state index is 12.0. The van der Waals surface area contributed by atoms with Gasteiger partial charge < -0.3 is 15.4 Å². The van der Waals surface area contributed by atoms with Gasteiger partial charge >= 0.3 is 0 Å². The molecule has 1 aliphatic rings. The average Bonchev–Trinajstić information content (AvgIpc) is 2.68. The van der Waals surface area contributed by atoms with Crippen molar-refractivity contribution in [1.82, 2.24) is 14.9 Å². The van der Waals surface area contributed by atoms with Crippen molar-refractivity contribution in [3.8, 4) is 5.75 Å². The number of sulfonamides is 1. The predicted octanol–water partition coefficient (Wildman–Crippen LogP) is 2.48. The Morgan fingerprint density at radius 3 is 2.61 bits per heavy atom. The molecule has 1 aromatic carbocycles. The molecule has 1 unspecified atom stereocenters. The Morgan fingerprint density at radius 1 is 1.32 bits per heavy atom. The Kier molecular flexibility index (Phi) is 8.85.